The Balaban J connectivity index is 1.78. The topological polar surface area (TPSA) is 30.3 Å². The maximum atomic E-state index is 8.87. The lowest BCUT2D eigenvalue weighted by Crippen LogP contribution is -2.58. The summed E-state index contributed by atoms with van der Waals surface area (Å²) >= 11 is 0. The first-order chi connectivity index (χ1) is 9.28. The molecule has 100 valence electrons. The fraction of sp³-hybridized carbons (Fsp3) is 0.562. The fourth-order valence-electron chi connectivity index (χ4n) is 3.44. The van der Waals surface area contributed by atoms with Gasteiger partial charge in [0.1, 0.15) is 0 Å². The van der Waals surface area contributed by atoms with Crippen LogP contribution in [0, 0.1) is 11.3 Å². The molecule has 3 rings (SSSR count). The molecule has 2 unspecified atom stereocenters. The van der Waals surface area contributed by atoms with E-state index in [0.717, 1.165) is 18.2 Å². The second-order valence-corrected chi connectivity index (χ2v) is 5.80. The van der Waals surface area contributed by atoms with Crippen molar-refractivity contribution < 1.29 is 0 Å². The minimum absolute atomic E-state index is 0.558. The zero-order valence-electron chi connectivity index (χ0n) is 11.5. The van der Waals surface area contributed by atoms with Gasteiger partial charge in [-0.2, -0.15) is 5.26 Å². The van der Waals surface area contributed by atoms with Crippen molar-refractivity contribution in [3.63, 3.8) is 0 Å². The number of anilines is 1. The quantitative estimate of drug-likeness (QED) is 0.773. The molecule has 2 saturated heterocycles. The Kier molecular flexibility index (Phi) is 3.44. The highest BCUT2D eigenvalue weighted by Gasteiger charge is 2.32. The smallest absolute Gasteiger partial charge is 0.0991 e. The Bertz CT molecular complexity index is 474. The van der Waals surface area contributed by atoms with Gasteiger partial charge >= 0.3 is 0 Å². The van der Waals surface area contributed by atoms with Gasteiger partial charge in [-0.15, -0.1) is 0 Å². The minimum atomic E-state index is 0.558. The van der Waals surface area contributed by atoms with Gasteiger partial charge in [-0.1, -0.05) is 6.42 Å². The molecule has 0 spiro atoms. The molecule has 3 heteroatoms. The predicted octanol–water partition coefficient (Wildman–Crippen LogP) is 2.62. The van der Waals surface area contributed by atoms with E-state index in [-0.39, 0.29) is 0 Å². The Morgan fingerprint density at radius 3 is 2.68 bits per heavy atom. The highest BCUT2D eigenvalue weighted by atomic mass is 15.3. The number of fused-ring (bicyclic) bond motifs is 1. The molecule has 19 heavy (non-hydrogen) atoms. The average Bonchev–Trinajstić information content (AvgIpc) is 2.47. The van der Waals surface area contributed by atoms with Gasteiger partial charge in [0.05, 0.1) is 11.6 Å². The van der Waals surface area contributed by atoms with Gasteiger partial charge in [0.2, 0.25) is 0 Å². The lowest BCUT2D eigenvalue weighted by atomic mass is 9.96. The van der Waals surface area contributed by atoms with Gasteiger partial charge < -0.3 is 4.90 Å². The van der Waals surface area contributed by atoms with Crippen molar-refractivity contribution >= 4 is 5.69 Å². The zero-order valence-corrected chi connectivity index (χ0v) is 11.5. The van der Waals surface area contributed by atoms with E-state index in [0.29, 0.717) is 6.04 Å². The second kappa shape index (κ2) is 5.22. The summed E-state index contributed by atoms with van der Waals surface area (Å²) in [6, 6.07) is 11.5. The van der Waals surface area contributed by atoms with E-state index >= 15 is 0 Å². The number of benzene rings is 1. The molecule has 0 aromatic heterocycles. The van der Waals surface area contributed by atoms with Crippen LogP contribution < -0.4 is 4.90 Å². The summed E-state index contributed by atoms with van der Waals surface area (Å²) in [6.07, 6.45) is 4.07. The van der Waals surface area contributed by atoms with Crippen molar-refractivity contribution in [2.45, 2.75) is 38.3 Å². The fourth-order valence-corrected chi connectivity index (χ4v) is 3.44. The molecule has 2 aliphatic heterocycles. The highest BCUT2D eigenvalue weighted by molar-refractivity contribution is 5.51. The van der Waals surface area contributed by atoms with E-state index in [9.17, 15) is 0 Å². The van der Waals surface area contributed by atoms with E-state index in [1.54, 1.807) is 0 Å². The first kappa shape index (κ1) is 12.5. The first-order valence-corrected chi connectivity index (χ1v) is 7.29. The van der Waals surface area contributed by atoms with E-state index in [2.05, 4.69) is 34.9 Å². The maximum Gasteiger partial charge on any atom is 0.0991 e. The molecule has 0 saturated carbocycles. The summed E-state index contributed by atoms with van der Waals surface area (Å²) < 4.78 is 0. The summed E-state index contributed by atoms with van der Waals surface area (Å²) in [7, 11) is 0. The molecule has 0 radical (unpaired) electrons. The summed E-state index contributed by atoms with van der Waals surface area (Å²) in [6.45, 7) is 5.89. The molecule has 0 amide bonds. The van der Waals surface area contributed by atoms with Crippen molar-refractivity contribution in [3.05, 3.63) is 29.8 Å². The summed E-state index contributed by atoms with van der Waals surface area (Å²) in [4.78, 5) is 5.17. The molecular formula is C16H21N3. The number of piperazine rings is 1. The SMILES string of the molecule is CC1CN2CCCCC2CN1c1ccc(C#N)cc1. The third kappa shape index (κ3) is 2.46. The predicted molar refractivity (Wildman–Crippen MR) is 77.2 cm³/mol. The van der Waals surface area contributed by atoms with Crippen LogP contribution in [0.2, 0.25) is 0 Å². The Labute approximate surface area is 115 Å². The van der Waals surface area contributed by atoms with Crippen molar-refractivity contribution in [2.75, 3.05) is 24.5 Å². The van der Waals surface area contributed by atoms with Crippen molar-refractivity contribution in [3.8, 4) is 6.07 Å². The van der Waals surface area contributed by atoms with Crippen molar-refractivity contribution in [1.82, 2.24) is 4.90 Å². The van der Waals surface area contributed by atoms with Crippen LogP contribution in [0.1, 0.15) is 31.7 Å². The van der Waals surface area contributed by atoms with Gasteiger partial charge in [-0.05, 0) is 50.6 Å². The Morgan fingerprint density at radius 2 is 1.95 bits per heavy atom. The van der Waals surface area contributed by atoms with E-state index in [1.165, 1.54) is 38.0 Å². The Morgan fingerprint density at radius 1 is 1.16 bits per heavy atom. The van der Waals surface area contributed by atoms with Crippen LogP contribution in [0.5, 0.6) is 0 Å². The zero-order chi connectivity index (χ0) is 13.2. The minimum Gasteiger partial charge on any atom is -0.366 e. The van der Waals surface area contributed by atoms with Gasteiger partial charge in [0, 0.05) is 30.9 Å². The van der Waals surface area contributed by atoms with Crippen molar-refractivity contribution in [2.24, 2.45) is 0 Å². The number of rotatable bonds is 1. The van der Waals surface area contributed by atoms with Crippen LogP contribution >= 0.6 is 0 Å². The molecule has 3 nitrogen and oxygen atoms in total. The normalized spacial score (nSPS) is 27.7. The lowest BCUT2D eigenvalue weighted by Gasteiger charge is -2.48. The monoisotopic (exact) mass is 255 g/mol. The van der Waals surface area contributed by atoms with Crippen LogP contribution in [0.15, 0.2) is 24.3 Å². The van der Waals surface area contributed by atoms with Crippen LogP contribution in [-0.2, 0) is 0 Å². The number of nitriles is 1. The van der Waals surface area contributed by atoms with Crippen molar-refractivity contribution in [1.29, 1.82) is 5.26 Å². The number of nitrogens with zero attached hydrogens (tertiary/aromatic N) is 3. The van der Waals surface area contributed by atoms with Gasteiger partial charge in [-0.3, -0.25) is 4.90 Å². The largest absolute Gasteiger partial charge is 0.366 e. The molecule has 2 aliphatic rings. The number of hydrogen-bond donors (Lipinski definition) is 0. The van der Waals surface area contributed by atoms with Crippen LogP contribution in [-0.4, -0.2) is 36.6 Å². The van der Waals surface area contributed by atoms with Gasteiger partial charge in [0.25, 0.3) is 0 Å². The van der Waals surface area contributed by atoms with Crippen LogP contribution in [0.25, 0.3) is 0 Å². The second-order valence-electron chi connectivity index (χ2n) is 5.80. The van der Waals surface area contributed by atoms with E-state index in [1.807, 2.05) is 12.1 Å². The molecule has 1 aromatic carbocycles. The van der Waals surface area contributed by atoms with Crippen LogP contribution in [0.3, 0.4) is 0 Å². The summed E-state index contributed by atoms with van der Waals surface area (Å²) in [5.74, 6) is 0. The third-order valence-corrected chi connectivity index (χ3v) is 4.52. The number of piperidine rings is 1. The van der Waals surface area contributed by atoms with Gasteiger partial charge in [0.15, 0.2) is 0 Å². The van der Waals surface area contributed by atoms with Crippen LogP contribution in [0.4, 0.5) is 5.69 Å². The molecule has 2 heterocycles. The van der Waals surface area contributed by atoms with E-state index < -0.39 is 0 Å². The summed E-state index contributed by atoms with van der Waals surface area (Å²) in [5.41, 5.74) is 2.00. The maximum absolute atomic E-state index is 8.87. The third-order valence-electron chi connectivity index (χ3n) is 4.52. The molecule has 2 atom stereocenters. The van der Waals surface area contributed by atoms with Gasteiger partial charge in [-0.25, -0.2) is 0 Å². The molecule has 0 N–H and O–H groups in total. The molecule has 1 aromatic rings. The molecule has 0 aliphatic carbocycles. The average molecular weight is 255 g/mol. The molecular weight excluding hydrogens is 234 g/mol. The lowest BCUT2D eigenvalue weighted by molar-refractivity contribution is 0.115. The molecule has 0 bridgehead atoms. The van der Waals surface area contributed by atoms with E-state index in [4.69, 9.17) is 5.26 Å². The highest BCUT2D eigenvalue weighted by Crippen LogP contribution is 2.28. The summed E-state index contributed by atoms with van der Waals surface area (Å²) in [5, 5.41) is 8.87. The molecule has 2 fully saturated rings. The Hall–Kier alpha value is -1.53. The first-order valence-electron chi connectivity index (χ1n) is 7.29. The number of hydrogen-bond acceptors (Lipinski definition) is 3. The standard InChI is InChI=1S/C16H21N3/c1-13-11-18-9-3-2-4-16(18)12-19(13)15-7-5-14(10-17)6-8-15/h5-8,13,16H,2-4,9,11-12H2,1H3.